The minimum atomic E-state index is -1.66. The molecule has 6 nitrogen and oxygen atoms in total. The predicted octanol–water partition coefficient (Wildman–Crippen LogP) is -0.832. The second kappa shape index (κ2) is 6.76. The van der Waals surface area contributed by atoms with Gasteiger partial charge in [0.25, 0.3) is 0 Å². The molecule has 0 aromatic carbocycles. The van der Waals surface area contributed by atoms with Gasteiger partial charge >= 0.3 is 11.9 Å². The lowest BCUT2D eigenvalue weighted by molar-refractivity contribution is -0.178. The Morgan fingerprint density at radius 3 is 2.00 bits per heavy atom. The summed E-state index contributed by atoms with van der Waals surface area (Å²) in [6.45, 7) is 4.49. The lowest BCUT2D eigenvalue weighted by Gasteiger charge is -2.28. The lowest BCUT2D eigenvalue weighted by Crippen LogP contribution is -2.47. The Hall–Kier alpha value is -1.66. The van der Waals surface area contributed by atoms with Crippen molar-refractivity contribution in [3.63, 3.8) is 0 Å². The van der Waals surface area contributed by atoms with Gasteiger partial charge in [0.2, 0.25) is 0 Å². The summed E-state index contributed by atoms with van der Waals surface area (Å²) in [5.41, 5.74) is -1.66. The van der Waals surface area contributed by atoms with E-state index in [0.717, 1.165) is 12.2 Å². The maximum atomic E-state index is 10.9. The Kier molecular flexibility index (Phi) is 6.06. The van der Waals surface area contributed by atoms with Crippen LogP contribution in [0.15, 0.2) is 25.3 Å². The van der Waals surface area contributed by atoms with Gasteiger partial charge in [0, 0.05) is 12.2 Å². The molecule has 2 N–H and O–H groups in total. The minimum absolute atomic E-state index is 0.468. The molecule has 6 heteroatoms. The molecule has 0 heterocycles. The van der Waals surface area contributed by atoms with Gasteiger partial charge in [-0.1, -0.05) is 13.2 Å². The van der Waals surface area contributed by atoms with Crippen LogP contribution in [0.25, 0.3) is 0 Å². The summed E-state index contributed by atoms with van der Waals surface area (Å²) in [6, 6.07) is 0. The van der Waals surface area contributed by atoms with Crippen LogP contribution in [0.1, 0.15) is 0 Å². The van der Waals surface area contributed by atoms with E-state index in [9.17, 15) is 9.59 Å². The number of hydrogen-bond acceptors (Lipinski definition) is 6. The average Bonchev–Trinajstić information content (AvgIpc) is 2.33. The van der Waals surface area contributed by atoms with E-state index in [4.69, 9.17) is 14.9 Å². The van der Waals surface area contributed by atoms with Gasteiger partial charge in [-0.15, -0.1) is 0 Å². The number of carbonyl (C=O) groups excluding carboxylic acids is 2. The van der Waals surface area contributed by atoms with Crippen LogP contribution in [0.5, 0.6) is 0 Å². The summed E-state index contributed by atoms with van der Waals surface area (Å²) < 4.78 is 9.31. The highest BCUT2D eigenvalue weighted by atomic mass is 16.6. The van der Waals surface area contributed by atoms with Crippen molar-refractivity contribution >= 4 is 11.9 Å². The number of carbonyl (C=O) groups is 2. The normalized spacial score (nSPS) is 10.4. The van der Waals surface area contributed by atoms with E-state index in [-0.39, 0.29) is 0 Å². The van der Waals surface area contributed by atoms with Crippen LogP contribution in [-0.2, 0) is 19.1 Å². The molecule has 0 aliphatic heterocycles. The quantitative estimate of drug-likeness (QED) is 0.438. The topological polar surface area (TPSA) is 93.1 Å². The second-order valence-corrected chi connectivity index (χ2v) is 2.94. The molecule has 0 amide bonds. The van der Waals surface area contributed by atoms with Crippen LogP contribution in [0.4, 0.5) is 0 Å². The van der Waals surface area contributed by atoms with E-state index < -0.39 is 37.4 Å². The number of aliphatic hydroxyl groups excluding tert-OH is 2. The van der Waals surface area contributed by atoms with Crippen molar-refractivity contribution in [2.45, 2.75) is 5.60 Å². The van der Waals surface area contributed by atoms with Gasteiger partial charge in [-0.05, 0) is 0 Å². The summed E-state index contributed by atoms with van der Waals surface area (Å²) >= 11 is 0. The van der Waals surface area contributed by atoms with Crippen molar-refractivity contribution in [2.24, 2.45) is 0 Å². The third-order valence-corrected chi connectivity index (χ3v) is 1.70. The smallest absolute Gasteiger partial charge is 0.330 e. The van der Waals surface area contributed by atoms with Crippen LogP contribution in [-0.4, -0.2) is 47.6 Å². The summed E-state index contributed by atoms with van der Waals surface area (Å²) in [7, 11) is 0. The largest absolute Gasteiger partial charge is 0.458 e. The van der Waals surface area contributed by atoms with E-state index in [1.54, 1.807) is 0 Å². The number of hydrogen-bond donors (Lipinski definition) is 2. The highest BCUT2D eigenvalue weighted by Crippen LogP contribution is 2.11. The first kappa shape index (κ1) is 14.3. The molecule has 90 valence electrons. The second-order valence-electron chi connectivity index (χ2n) is 2.94. The first-order valence-electron chi connectivity index (χ1n) is 4.40. The van der Waals surface area contributed by atoms with Gasteiger partial charge in [0.15, 0.2) is 5.60 Å². The molecule has 0 saturated heterocycles. The molecule has 0 atom stereocenters. The van der Waals surface area contributed by atoms with Crippen molar-refractivity contribution in [2.75, 3.05) is 19.8 Å². The maximum Gasteiger partial charge on any atom is 0.330 e. The molecule has 0 saturated carbocycles. The molecule has 0 aliphatic carbocycles. The third kappa shape index (κ3) is 4.24. The molecule has 0 aromatic rings. The first-order chi connectivity index (χ1) is 7.53. The third-order valence-electron chi connectivity index (χ3n) is 1.70. The van der Waals surface area contributed by atoms with Gasteiger partial charge in [-0.25, -0.2) is 9.59 Å². The number of esters is 2. The molecule has 0 aromatic heterocycles. The summed E-state index contributed by atoms with van der Waals surface area (Å²) in [5, 5.41) is 18.0. The molecular weight excluding hydrogens is 216 g/mol. The molecule has 0 unspecified atom stereocenters. The number of ether oxygens (including phenoxy) is 2. The molecule has 0 spiro atoms. The van der Waals surface area contributed by atoms with Crippen LogP contribution in [0.2, 0.25) is 0 Å². The highest BCUT2D eigenvalue weighted by molar-refractivity contribution is 5.82. The number of aliphatic hydroxyl groups is 2. The van der Waals surface area contributed by atoms with Crippen LogP contribution >= 0.6 is 0 Å². The monoisotopic (exact) mass is 230 g/mol. The zero-order valence-corrected chi connectivity index (χ0v) is 8.72. The lowest BCUT2D eigenvalue weighted by atomic mass is 10.1. The first-order valence-corrected chi connectivity index (χ1v) is 4.40. The Bertz CT molecular complexity index is 279. The zero-order chi connectivity index (χ0) is 12.6. The van der Waals surface area contributed by atoms with E-state index in [1.165, 1.54) is 0 Å². The van der Waals surface area contributed by atoms with Crippen molar-refractivity contribution in [3.8, 4) is 0 Å². The van der Waals surface area contributed by atoms with Gasteiger partial charge in [0.1, 0.15) is 6.61 Å². The Morgan fingerprint density at radius 2 is 1.62 bits per heavy atom. The molecule has 0 aliphatic rings. The van der Waals surface area contributed by atoms with E-state index >= 15 is 0 Å². The van der Waals surface area contributed by atoms with Crippen molar-refractivity contribution in [1.29, 1.82) is 0 Å². The molecule has 0 bridgehead atoms. The van der Waals surface area contributed by atoms with Gasteiger partial charge in [0.05, 0.1) is 13.2 Å². The van der Waals surface area contributed by atoms with Crippen LogP contribution in [0, 0.1) is 0 Å². The standard InChI is InChI=1S/C10H14O6/c1-3-8(13)15-7-10(5-11,6-12)16-9(14)4-2/h3-4,11-12H,1-2,5-7H2. The predicted molar refractivity (Wildman–Crippen MR) is 54.3 cm³/mol. The Balaban J connectivity index is 4.54. The molecule has 0 rings (SSSR count). The Morgan fingerprint density at radius 1 is 1.12 bits per heavy atom. The van der Waals surface area contributed by atoms with E-state index in [2.05, 4.69) is 17.9 Å². The Labute approximate surface area is 92.8 Å². The van der Waals surface area contributed by atoms with Crippen LogP contribution in [0.3, 0.4) is 0 Å². The van der Waals surface area contributed by atoms with Crippen molar-refractivity contribution in [1.82, 2.24) is 0 Å². The van der Waals surface area contributed by atoms with E-state index in [0.29, 0.717) is 0 Å². The fraction of sp³-hybridized carbons (Fsp3) is 0.400. The summed E-state index contributed by atoms with van der Waals surface area (Å²) in [4.78, 5) is 21.7. The van der Waals surface area contributed by atoms with Gasteiger partial charge in [-0.3, -0.25) is 0 Å². The maximum absolute atomic E-state index is 10.9. The number of rotatable bonds is 7. The highest BCUT2D eigenvalue weighted by Gasteiger charge is 2.34. The van der Waals surface area contributed by atoms with Gasteiger partial charge < -0.3 is 19.7 Å². The van der Waals surface area contributed by atoms with Gasteiger partial charge in [-0.2, -0.15) is 0 Å². The van der Waals surface area contributed by atoms with Crippen LogP contribution < -0.4 is 0 Å². The molecule has 0 fully saturated rings. The minimum Gasteiger partial charge on any atom is -0.458 e. The molecule has 16 heavy (non-hydrogen) atoms. The summed E-state index contributed by atoms with van der Waals surface area (Å²) in [5.74, 6) is -1.58. The fourth-order valence-electron chi connectivity index (χ4n) is 0.752. The average molecular weight is 230 g/mol. The molecule has 0 radical (unpaired) electrons. The fourth-order valence-corrected chi connectivity index (χ4v) is 0.752. The van der Waals surface area contributed by atoms with E-state index in [1.807, 2.05) is 0 Å². The van der Waals surface area contributed by atoms with Crippen molar-refractivity contribution in [3.05, 3.63) is 25.3 Å². The summed E-state index contributed by atoms with van der Waals surface area (Å²) in [6.07, 6.45) is 1.78. The van der Waals surface area contributed by atoms with Crippen molar-refractivity contribution < 1.29 is 29.3 Å². The zero-order valence-electron chi connectivity index (χ0n) is 8.72. The SMILES string of the molecule is C=CC(=O)OCC(CO)(CO)OC(=O)C=C. The molecular formula is C10H14O6.